The lowest BCUT2D eigenvalue weighted by atomic mass is 10.0. The number of amides is 2. The highest BCUT2D eigenvalue weighted by Gasteiger charge is 2.57. The highest BCUT2D eigenvalue weighted by atomic mass is 32.3. The van der Waals surface area contributed by atoms with E-state index >= 15 is 0 Å². The lowest BCUT2D eigenvalue weighted by Crippen LogP contribution is -2.71. The van der Waals surface area contributed by atoms with E-state index < -0.39 is 87.0 Å². The van der Waals surface area contributed by atoms with Crippen molar-refractivity contribution in [1.29, 1.82) is 0 Å². The normalized spacial score (nSPS) is 22.5. The summed E-state index contributed by atoms with van der Waals surface area (Å²) in [5.41, 5.74) is -0.495. The van der Waals surface area contributed by atoms with Gasteiger partial charge in [-0.2, -0.15) is 11.7 Å². The van der Waals surface area contributed by atoms with E-state index in [4.69, 9.17) is 9.47 Å². The fraction of sp³-hybridized carbons (Fsp3) is 0.538. The average Bonchev–Trinajstić information content (AvgIpc) is 2.70. The number of hydrogen-bond donors (Lipinski definition) is 2. The zero-order valence-corrected chi connectivity index (χ0v) is 17.8. The van der Waals surface area contributed by atoms with Gasteiger partial charge in [-0.3, -0.25) is 19.3 Å². The molecule has 0 bridgehead atoms. The molecule has 1 fully saturated rings. The average molecular weight is 495 g/mol. The Morgan fingerprint density at radius 1 is 1.31 bits per heavy atom. The molecule has 1 saturated heterocycles. The number of ether oxygens (including phenoxy) is 2. The van der Waals surface area contributed by atoms with Crippen LogP contribution in [0.1, 0.15) is 6.92 Å². The van der Waals surface area contributed by atoms with Gasteiger partial charge in [0, 0.05) is 25.4 Å². The number of carbonyl (C=O) groups excluding carboxylic acids is 3. The Balaban J connectivity index is 2.28. The second-order valence-corrected chi connectivity index (χ2v) is 9.68. The van der Waals surface area contributed by atoms with Crippen molar-refractivity contribution in [3.8, 4) is 0 Å². The second-order valence-electron chi connectivity index (χ2n) is 5.50. The summed E-state index contributed by atoms with van der Waals surface area (Å²) < 4.78 is 45.8. The topological polar surface area (TPSA) is 122 Å². The van der Waals surface area contributed by atoms with Crippen molar-refractivity contribution in [1.82, 2.24) is 10.2 Å². The van der Waals surface area contributed by atoms with E-state index in [2.05, 4.69) is 0 Å². The molecule has 0 aliphatic carbocycles. The molecule has 0 spiro atoms. The molecule has 1 unspecified atom stereocenters. The van der Waals surface area contributed by atoms with E-state index in [0.717, 1.165) is 23.6 Å². The first-order valence-corrected chi connectivity index (χ1v) is 10.7. The molecule has 0 aromatic carbocycles. The zero-order chi connectivity index (χ0) is 21.9. The molecule has 162 valence electrons. The predicted octanol–water partition coefficient (Wildman–Crippen LogP) is 1.77. The summed E-state index contributed by atoms with van der Waals surface area (Å²) in [6, 6.07) is -1.33. The van der Waals surface area contributed by atoms with Gasteiger partial charge in [-0.15, -0.1) is 11.8 Å². The van der Waals surface area contributed by atoms with Crippen LogP contribution in [0, 0.1) is 0 Å². The summed E-state index contributed by atoms with van der Waals surface area (Å²) in [4.78, 5) is 48.3. The number of carbonyl (C=O) groups is 4. The highest BCUT2D eigenvalue weighted by molar-refractivity contribution is 8.31. The lowest BCUT2D eigenvalue weighted by molar-refractivity contribution is -0.165. The third-order valence-corrected chi connectivity index (χ3v) is 7.44. The van der Waals surface area contributed by atoms with E-state index in [0.29, 0.717) is 0 Å². The number of carboxylic acids is 1. The van der Waals surface area contributed by atoms with Crippen molar-refractivity contribution in [3.63, 3.8) is 0 Å². The molecular formula is C13H13F3N2O7S4. The van der Waals surface area contributed by atoms with Crippen molar-refractivity contribution < 1.29 is 45.4 Å². The van der Waals surface area contributed by atoms with Gasteiger partial charge in [-0.25, -0.2) is 4.79 Å². The number of rotatable bonds is 9. The van der Waals surface area contributed by atoms with E-state index in [1.54, 1.807) is 0 Å². The van der Waals surface area contributed by atoms with Crippen molar-refractivity contribution in [2.45, 2.75) is 28.0 Å². The van der Waals surface area contributed by atoms with Crippen molar-refractivity contribution in [2.75, 3.05) is 12.9 Å². The molecule has 2 aliphatic rings. The predicted molar refractivity (Wildman–Crippen MR) is 101 cm³/mol. The first-order chi connectivity index (χ1) is 13.7. The fourth-order valence-corrected chi connectivity index (χ4v) is 4.64. The monoisotopic (exact) mass is 494 g/mol. The van der Waals surface area contributed by atoms with Crippen LogP contribution in [0.2, 0.25) is 0 Å². The smallest absolute Gasteiger partial charge is 0.352 e. The van der Waals surface area contributed by atoms with Gasteiger partial charge >= 0.3 is 11.9 Å². The van der Waals surface area contributed by atoms with Gasteiger partial charge in [0.05, 0.1) is 36.4 Å². The summed E-state index contributed by atoms with van der Waals surface area (Å²) in [5, 5.41) is 10.7. The first-order valence-electron chi connectivity index (χ1n) is 7.48. The van der Waals surface area contributed by atoms with E-state index in [1.807, 2.05) is 5.32 Å². The molecule has 2 N–H and O–H groups in total. The third kappa shape index (κ3) is 4.45. The van der Waals surface area contributed by atoms with Crippen LogP contribution < -0.4 is 5.32 Å². The molecule has 2 aliphatic heterocycles. The van der Waals surface area contributed by atoms with Crippen LogP contribution in [0.5, 0.6) is 0 Å². The largest absolute Gasteiger partial charge is 0.477 e. The van der Waals surface area contributed by atoms with Crippen LogP contribution in [0.15, 0.2) is 11.3 Å². The minimum atomic E-state index is -2.80. The molecule has 0 aromatic heterocycles. The third-order valence-electron chi connectivity index (χ3n) is 3.84. The number of esters is 1. The quantitative estimate of drug-likeness (QED) is 0.277. The zero-order valence-electron chi connectivity index (χ0n) is 14.5. The standard InChI is InChI=1S/C13H13F3N2O7S4/c1-4(19)25-11(24-2)5-3-26-9-6(8(20)18(9)7(5)10(21)22)17-12(23)13(27-14,28-15)29-16/h6,9,11H,3H2,1-2H3,(H,17,23)(H,21,22)/t6-,9-,11?/m1/s1. The minimum Gasteiger partial charge on any atom is -0.477 e. The number of nitrogens with zero attached hydrogens (tertiary/aromatic N) is 1. The van der Waals surface area contributed by atoms with E-state index in [-0.39, 0.29) is 11.3 Å². The number of fused-ring (bicyclic) bond motifs is 1. The van der Waals surface area contributed by atoms with Crippen LogP contribution >= 0.6 is 48.2 Å². The number of methoxy groups -OCH3 is 1. The Morgan fingerprint density at radius 2 is 1.90 bits per heavy atom. The Kier molecular flexibility index (Phi) is 8.06. The Labute approximate surface area is 179 Å². The summed E-state index contributed by atoms with van der Waals surface area (Å²) in [6.45, 7) is 1.09. The van der Waals surface area contributed by atoms with Gasteiger partial charge in [-0.05, 0) is 0 Å². The van der Waals surface area contributed by atoms with Gasteiger partial charge in [0.25, 0.3) is 15.2 Å². The van der Waals surface area contributed by atoms with E-state index in [1.165, 1.54) is 7.11 Å². The minimum absolute atomic E-state index is 0.00173. The first kappa shape index (κ1) is 24.0. The number of thioether (sulfide) groups is 1. The van der Waals surface area contributed by atoms with Crippen molar-refractivity contribution in [2.24, 2.45) is 0 Å². The van der Waals surface area contributed by atoms with Crippen LogP contribution in [0.4, 0.5) is 11.7 Å². The van der Waals surface area contributed by atoms with Gasteiger partial charge in [-0.1, -0.05) is 0 Å². The van der Waals surface area contributed by atoms with Crippen LogP contribution in [-0.4, -0.2) is 67.7 Å². The van der Waals surface area contributed by atoms with Gasteiger partial charge in [0.15, 0.2) is 0 Å². The molecule has 2 amide bonds. The SMILES string of the molecule is COC(OC(C)=O)C1=C(C(=O)O)N2C(=O)[C@@H](NC(=O)C(SF)(SF)SF)[C@H]2SC1. The molecule has 0 radical (unpaired) electrons. The lowest BCUT2D eigenvalue weighted by Gasteiger charge is -2.50. The molecule has 9 nitrogen and oxygen atoms in total. The van der Waals surface area contributed by atoms with Crippen LogP contribution in [-0.2, 0) is 28.7 Å². The molecule has 2 heterocycles. The number of nitrogens with one attached hydrogen (secondary N) is 1. The molecule has 0 saturated carbocycles. The summed E-state index contributed by atoms with van der Waals surface area (Å²) >= 11 is -1.66. The van der Waals surface area contributed by atoms with Gasteiger partial charge in [0.2, 0.25) is 6.29 Å². The second kappa shape index (κ2) is 9.72. The number of aliphatic carboxylic acids is 1. The maximum Gasteiger partial charge on any atom is 0.352 e. The van der Waals surface area contributed by atoms with Crippen LogP contribution in [0.3, 0.4) is 0 Å². The molecule has 2 rings (SSSR count). The van der Waals surface area contributed by atoms with Crippen molar-refractivity contribution >= 4 is 72.0 Å². The maximum absolute atomic E-state index is 12.9. The summed E-state index contributed by atoms with van der Waals surface area (Å²) in [6.07, 6.45) is -1.35. The number of carboxylic acid groups (broad SMARTS) is 1. The van der Waals surface area contributed by atoms with Crippen molar-refractivity contribution in [3.05, 3.63) is 11.3 Å². The Bertz CT molecular complexity index is 744. The Morgan fingerprint density at radius 3 is 2.34 bits per heavy atom. The summed E-state index contributed by atoms with van der Waals surface area (Å²) in [7, 11) is 1.18. The number of hydrogen-bond acceptors (Lipinski definition) is 10. The maximum atomic E-state index is 12.9. The van der Waals surface area contributed by atoms with Gasteiger partial charge < -0.3 is 19.9 Å². The highest BCUT2D eigenvalue weighted by Crippen LogP contribution is 2.50. The fourth-order valence-electron chi connectivity index (χ4n) is 2.61. The molecule has 3 atom stereocenters. The van der Waals surface area contributed by atoms with Gasteiger partial charge in [0.1, 0.15) is 17.1 Å². The molecular weight excluding hydrogens is 481 g/mol. The number of β-lactam (4-membered cyclic amide) rings is 1. The molecule has 29 heavy (non-hydrogen) atoms. The summed E-state index contributed by atoms with van der Waals surface area (Å²) in [5.74, 6) is -4.62. The molecule has 0 aromatic rings. The Hall–Kier alpha value is -1.23. The number of halogens is 3. The van der Waals surface area contributed by atoms with Crippen LogP contribution in [0.25, 0.3) is 0 Å². The van der Waals surface area contributed by atoms with E-state index in [9.17, 15) is 35.9 Å². The molecule has 16 heteroatoms.